The molecule has 1 rings (SSSR count). The molecule has 0 atom stereocenters. The van der Waals surface area contributed by atoms with E-state index in [2.05, 4.69) is 5.32 Å². The van der Waals surface area contributed by atoms with E-state index in [1.165, 1.54) is 13.1 Å². The molecule has 3 N–H and O–H groups in total. The maximum atomic E-state index is 12.4. The minimum Gasteiger partial charge on any atom is -0.388 e. The van der Waals surface area contributed by atoms with E-state index in [4.69, 9.17) is 5.73 Å². The minimum atomic E-state index is -4.49. The number of rotatable bonds is 2. The molecule has 0 radical (unpaired) electrons. The molecule has 1 amide bonds. The number of primary amides is 1. The highest BCUT2D eigenvalue weighted by molar-refractivity contribution is 5.94. The number of amides is 1. The highest BCUT2D eigenvalue weighted by Crippen LogP contribution is 2.31. The summed E-state index contributed by atoms with van der Waals surface area (Å²) in [6.07, 6.45) is -4.49. The van der Waals surface area contributed by atoms with Crippen molar-refractivity contribution in [3.8, 4) is 0 Å². The Morgan fingerprint density at radius 3 is 2.33 bits per heavy atom. The lowest BCUT2D eigenvalue weighted by Gasteiger charge is -2.10. The van der Waals surface area contributed by atoms with Crippen molar-refractivity contribution in [1.29, 1.82) is 0 Å². The Morgan fingerprint density at radius 1 is 1.33 bits per heavy atom. The molecule has 0 aromatic heterocycles. The van der Waals surface area contributed by atoms with Gasteiger partial charge in [0.1, 0.15) is 0 Å². The molecule has 0 fully saturated rings. The van der Waals surface area contributed by atoms with Gasteiger partial charge in [0.25, 0.3) is 0 Å². The fraction of sp³-hybridized carbons (Fsp3) is 0.222. The molecule has 0 spiro atoms. The van der Waals surface area contributed by atoms with Crippen molar-refractivity contribution in [1.82, 2.24) is 0 Å². The Bertz CT molecular complexity index is 387. The topological polar surface area (TPSA) is 55.1 Å². The standard InChI is InChI=1S/C9H9F3N2O/c1-14-7-3-5(8(13)15)2-6(4-7)9(10,11)12/h2-4,14H,1H3,(H2,13,15). The predicted octanol–water partition coefficient (Wildman–Crippen LogP) is 1.85. The van der Waals surface area contributed by atoms with E-state index >= 15 is 0 Å². The van der Waals surface area contributed by atoms with Gasteiger partial charge in [0.05, 0.1) is 5.56 Å². The van der Waals surface area contributed by atoms with Crippen LogP contribution < -0.4 is 11.1 Å². The average Bonchev–Trinajstić information content (AvgIpc) is 2.15. The van der Waals surface area contributed by atoms with Gasteiger partial charge in [0.15, 0.2) is 0 Å². The molecule has 0 aliphatic heterocycles. The van der Waals surface area contributed by atoms with Crippen LogP contribution in [0, 0.1) is 0 Å². The van der Waals surface area contributed by atoms with Crippen molar-refractivity contribution in [2.75, 3.05) is 12.4 Å². The summed E-state index contributed by atoms with van der Waals surface area (Å²) in [5, 5.41) is 2.53. The van der Waals surface area contributed by atoms with Crippen molar-refractivity contribution in [3.63, 3.8) is 0 Å². The monoisotopic (exact) mass is 218 g/mol. The van der Waals surface area contributed by atoms with E-state index < -0.39 is 17.6 Å². The third-order valence-corrected chi connectivity index (χ3v) is 1.83. The van der Waals surface area contributed by atoms with Crippen LogP contribution in [0.3, 0.4) is 0 Å². The molecule has 1 aromatic carbocycles. The highest BCUT2D eigenvalue weighted by Gasteiger charge is 2.31. The van der Waals surface area contributed by atoms with Crippen LogP contribution in [-0.2, 0) is 6.18 Å². The molecule has 3 nitrogen and oxygen atoms in total. The number of halogens is 3. The SMILES string of the molecule is CNc1cc(C(N)=O)cc(C(F)(F)F)c1. The van der Waals surface area contributed by atoms with Crippen LogP contribution in [0.5, 0.6) is 0 Å². The van der Waals surface area contributed by atoms with Crippen molar-refractivity contribution in [2.24, 2.45) is 5.73 Å². The van der Waals surface area contributed by atoms with Crippen molar-refractivity contribution in [3.05, 3.63) is 29.3 Å². The number of hydrogen-bond donors (Lipinski definition) is 2. The lowest BCUT2D eigenvalue weighted by Crippen LogP contribution is -2.14. The van der Waals surface area contributed by atoms with Gasteiger partial charge in [-0.1, -0.05) is 0 Å². The van der Waals surface area contributed by atoms with E-state index in [0.29, 0.717) is 0 Å². The van der Waals surface area contributed by atoms with Crippen LogP contribution in [0.1, 0.15) is 15.9 Å². The van der Waals surface area contributed by atoms with Gasteiger partial charge in [0, 0.05) is 18.3 Å². The number of anilines is 1. The maximum Gasteiger partial charge on any atom is 0.416 e. The summed E-state index contributed by atoms with van der Waals surface area (Å²) < 4.78 is 37.1. The molecule has 6 heteroatoms. The molecular weight excluding hydrogens is 209 g/mol. The summed E-state index contributed by atoms with van der Waals surface area (Å²) in [6, 6.07) is 2.90. The smallest absolute Gasteiger partial charge is 0.388 e. The fourth-order valence-corrected chi connectivity index (χ4v) is 1.08. The molecule has 0 aliphatic rings. The predicted molar refractivity (Wildman–Crippen MR) is 49.5 cm³/mol. The summed E-state index contributed by atoms with van der Waals surface area (Å²) in [7, 11) is 1.46. The van der Waals surface area contributed by atoms with E-state index in [0.717, 1.165) is 12.1 Å². The zero-order valence-electron chi connectivity index (χ0n) is 7.85. The van der Waals surface area contributed by atoms with Gasteiger partial charge in [-0.05, 0) is 18.2 Å². The Kier molecular flexibility index (Phi) is 2.88. The van der Waals surface area contributed by atoms with Gasteiger partial charge in [-0.2, -0.15) is 13.2 Å². The van der Waals surface area contributed by atoms with Gasteiger partial charge in [-0.3, -0.25) is 4.79 Å². The Morgan fingerprint density at radius 2 is 1.93 bits per heavy atom. The molecule has 0 aliphatic carbocycles. The van der Waals surface area contributed by atoms with E-state index in [9.17, 15) is 18.0 Å². The zero-order valence-corrected chi connectivity index (χ0v) is 7.85. The van der Waals surface area contributed by atoms with Gasteiger partial charge >= 0.3 is 6.18 Å². The second-order valence-electron chi connectivity index (χ2n) is 2.91. The largest absolute Gasteiger partial charge is 0.416 e. The third-order valence-electron chi connectivity index (χ3n) is 1.83. The van der Waals surface area contributed by atoms with Gasteiger partial charge in [-0.15, -0.1) is 0 Å². The molecular formula is C9H9F3N2O. The van der Waals surface area contributed by atoms with Gasteiger partial charge < -0.3 is 11.1 Å². The summed E-state index contributed by atoms with van der Waals surface area (Å²) in [5.74, 6) is -0.891. The number of nitrogens with two attached hydrogens (primary N) is 1. The first-order valence-corrected chi connectivity index (χ1v) is 4.04. The zero-order chi connectivity index (χ0) is 11.6. The number of nitrogens with one attached hydrogen (secondary N) is 1. The minimum absolute atomic E-state index is 0.172. The van der Waals surface area contributed by atoms with Crippen LogP contribution in [0.2, 0.25) is 0 Å². The van der Waals surface area contributed by atoms with Crippen LogP contribution >= 0.6 is 0 Å². The first-order valence-electron chi connectivity index (χ1n) is 4.04. The van der Waals surface area contributed by atoms with Crippen LogP contribution in [-0.4, -0.2) is 13.0 Å². The number of benzene rings is 1. The molecule has 1 aromatic rings. The van der Waals surface area contributed by atoms with Gasteiger partial charge in [0.2, 0.25) is 5.91 Å². The quantitative estimate of drug-likeness (QED) is 0.795. The summed E-state index contributed by atoms with van der Waals surface area (Å²) in [5.41, 5.74) is 4.04. The maximum absolute atomic E-state index is 12.4. The first kappa shape index (κ1) is 11.4. The second-order valence-corrected chi connectivity index (χ2v) is 2.91. The van der Waals surface area contributed by atoms with Crippen molar-refractivity contribution >= 4 is 11.6 Å². The summed E-state index contributed by atoms with van der Waals surface area (Å²) in [4.78, 5) is 10.8. The summed E-state index contributed by atoms with van der Waals surface area (Å²) in [6.45, 7) is 0. The lowest BCUT2D eigenvalue weighted by molar-refractivity contribution is -0.137. The second kappa shape index (κ2) is 3.80. The van der Waals surface area contributed by atoms with Crippen LogP contribution in [0.4, 0.5) is 18.9 Å². The number of hydrogen-bond acceptors (Lipinski definition) is 2. The normalized spacial score (nSPS) is 11.2. The van der Waals surface area contributed by atoms with Crippen LogP contribution in [0.25, 0.3) is 0 Å². The van der Waals surface area contributed by atoms with Crippen molar-refractivity contribution in [2.45, 2.75) is 6.18 Å². The Hall–Kier alpha value is -1.72. The van der Waals surface area contributed by atoms with E-state index in [1.54, 1.807) is 0 Å². The first-order chi connectivity index (χ1) is 6.84. The van der Waals surface area contributed by atoms with Crippen molar-refractivity contribution < 1.29 is 18.0 Å². The Balaban J connectivity index is 3.30. The molecule has 15 heavy (non-hydrogen) atoms. The third kappa shape index (κ3) is 2.61. The molecule has 0 bridgehead atoms. The molecule has 0 heterocycles. The molecule has 0 saturated heterocycles. The van der Waals surface area contributed by atoms with Crippen LogP contribution in [0.15, 0.2) is 18.2 Å². The Labute approximate surface area is 84.1 Å². The van der Waals surface area contributed by atoms with Gasteiger partial charge in [-0.25, -0.2) is 0 Å². The van der Waals surface area contributed by atoms with E-state index in [-0.39, 0.29) is 11.3 Å². The fourth-order valence-electron chi connectivity index (χ4n) is 1.08. The molecule has 82 valence electrons. The average molecular weight is 218 g/mol. The number of alkyl halides is 3. The summed E-state index contributed by atoms with van der Waals surface area (Å²) >= 11 is 0. The number of carbonyl (C=O) groups excluding carboxylic acids is 1. The molecule has 0 unspecified atom stereocenters. The molecule has 0 saturated carbocycles. The number of carbonyl (C=O) groups is 1. The lowest BCUT2D eigenvalue weighted by atomic mass is 10.1. The highest BCUT2D eigenvalue weighted by atomic mass is 19.4. The van der Waals surface area contributed by atoms with E-state index in [1.807, 2.05) is 0 Å².